The van der Waals surface area contributed by atoms with Crippen molar-refractivity contribution in [1.29, 1.82) is 5.26 Å². The van der Waals surface area contributed by atoms with E-state index in [2.05, 4.69) is 12.1 Å². The van der Waals surface area contributed by atoms with E-state index >= 15 is 0 Å². The number of hydrogen-bond acceptors (Lipinski definition) is 4. The van der Waals surface area contributed by atoms with Gasteiger partial charge in [0.1, 0.15) is 23.3 Å². The summed E-state index contributed by atoms with van der Waals surface area (Å²) in [6.45, 7) is 0.405. The number of rotatable bonds is 4. The van der Waals surface area contributed by atoms with E-state index in [-0.39, 0.29) is 0 Å². The summed E-state index contributed by atoms with van der Waals surface area (Å²) in [5.74, 6) is -0.838. The van der Waals surface area contributed by atoms with Gasteiger partial charge in [0, 0.05) is 23.8 Å². The van der Waals surface area contributed by atoms with Crippen molar-refractivity contribution in [1.82, 2.24) is 0 Å². The SMILES string of the molecule is C[N+](C)(CC#N)C1=Cc2ccccc2Oc2ccccc21.O=C(O)/C=C\C(=O)O. The average molecular weight is 393 g/mol. The van der Waals surface area contributed by atoms with Gasteiger partial charge in [-0.25, -0.2) is 9.59 Å². The number of nitrogens with zero attached hydrogens (tertiary/aromatic N) is 2. The van der Waals surface area contributed by atoms with Gasteiger partial charge in [-0.05, 0) is 18.2 Å². The van der Waals surface area contributed by atoms with Gasteiger partial charge < -0.3 is 14.9 Å². The lowest BCUT2D eigenvalue weighted by atomic mass is 10.1. The smallest absolute Gasteiger partial charge is 0.328 e. The summed E-state index contributed by atoms with van der Waals surface area (Å²) in [5, 5.41) is 24.7. The summed E-state index contributed by atoms with van der Waals surface area (Å²) in [5.41, 5.74) is 3.15. The maximum atomic E-state index is 9.55. The molecule has 0 fully saturated rings. The number of carbonyl (C=O) groups is 2. The fourth-order valence-corrected chi connectivity index (χ4v) is 2.71. The maximum absolute atomic E-state index is 9.55. The number of carboxylic acid groups (broad SMARTS) is 2. The van der Waals surface area contributed by atoms with Gasteiger partial charge in [0.05, 0.1) is 19.7 Å². The van der Waals surface area contributed by atoms with E-state index in [0.717, 1.165) is 28.3 Å². The van der Waals surface area contributed by atoms with Crippen LogP contribution in [0.25, 0.3) is 11.8 Å². The normalized spacial score (nSPS) is 12.1. The third kappa shape index (κ3) is 5.79. The first-order chi connectivity index (χ1) is 13.7. The van der Waals surface area contributed by atoms with Crippen LogP contribution in [0.1, 0.15) is 11.1 Å². The zero-order valence-corrected chi connectivity index (χ0v) is 16.1. The second-order valence-corrected chi connectivity index (χ2v) is 6.68. The molecule has 0 aromatic heterocycles. The van der Waals surface area contributed by atoms with Gasteiger partial charge in [0.2, 0.25) is 0 Å². The van der Waals surface area contributed by atoms with Gasteiger partial charge in [0.25, 0.3) is 0 Å². The minimum absolute atomic E-state index is 0.405. The standard InChI is InChI=1S/C18H17N2O.C4H4O4/c1-20(2,12-11-19)16-13-14-7-3-5-9-17(14)21-18-10-6-4-8-15(16)18;5-3(6)1-2-4(7)8/h3-10,13H,12H2,1-2H3;1-2H,(H,5,6)(H,7,8)/q+1;/b;2-1-. The summed E-state index contributed by atoms with van der Waals surface area (Å²) in [6.07, 6.45) is 3.24. The molecule has 0 unspecified atom stereocenters. The quantitative estimate of drug-likeness (QED) is 0.467. The van der Waals surface area contributed by atoms with E-state index in [0.29, 0.717) is 23.2 Å². The van der Waals surface area contributed by atoms with Crippen LogP contribution in [0.3, 0.4) is 0 Å². The van der Waals surface area contributed by atoms with E-state index in [9.17, 15) is 9.59 Å². The predicted octanol–water partition coefficient (Wildman–Crippen LogP) is 3.60. The van der Waals surface area contributed by atoms with Crippen LogP contribution < -0.4 is 4.74 Å². The Kier molecular flexibility index (Phi) is 6.90. The number of nitriles is 1. The molecular formula is C22H21N2O5+. The van der Waals surface area contributed by atoms with Gasteiger partial charge in [-0.2, -0.15) is 5.26 Å². The van der Waals surface area contributed by atoms with E-state index in [1.54, 1.807) is 0 Å². The number of hydrogen-bond donors (Lipinski definition) is 2. The molecular weight excluding hydrogens is 372 g/mol. The van der Waals surface area contributed by atoms with Crippen molar-refractivity contribution in [2.75, 3.05) is 20.6 Å². The molecule has 0 amide bonds. The molecule has 1 aliphatic rings. The third-order valence-electron chi connectivity index (χ3n) is 4.08. The molecule has 2 aromatic rings. The second kappa shape index (κ2) is 9.35. The molecule has 0 saturated heterocycles. The number of carboxylic acids is 2. The molecule has 7 heteroatoms. The van der Waals surface area contributed by atoms with Crippen LogP contribution in [-0.4, -0.2) is 47.3 Å². The van der Waals surface area contributed by atoms with Crippen molar-refractivity contribution in [3.8, 4) is 17.6 Å². The highest BCUT2D eigenvalue weighted by molar-refractivity contribution is 5.89. The van der Waals surface area contributed by atoms with Crippen molar-refractivity contribution < 1.29 is 29.0 Å². The Hall–Kier alpha value is -3.89. The van der Waals surface area contributed by atoms with Gasteiger partial charge in [-0.3, -0.25) is 4.48 Å². The van der Waals surface area contributed by atoms with Crippen molar-refractivity contribution in [3.05, 3.63) is 71.8 Å². The van der Waals surface area contributed by atoms with E-state index in [1.165, 1.54) is 0 Å². The van der Waals surface area contributed by atoms with Crippen LogP contribution >= 0.6 is 0 Å². The first kappa shape index (κ1) is 21.4. The lowest BCUT2D eigenvalue weighted by molar-refractivity contribution is -0.809. The number of quaternary nitrogens is 1. The molecule has 0 spiro atoms. The van der Waals surface area contributed by atoms with Gasteiger partial charge in [0.15, 0.2) is 6.54 Å². The summed E-state index contributed by atoms with van der Waals surface area (Å²) >= 11 is 0. The number of benzene rings is 2. The largest absolute Gasteiger partial charge is 0.478 e. The van der Waals surface area contributed by atoms with E-state index < -0.39 is 11.9 Å². The number of aliphatic carboxylic acids is 2. The Morgan fingerprint density at radius 3 is 2.14 bits per heavy atom. The molecule has 29 heavy (non-hydrogen) atoms. The van der Waals surface area contributed by atoms with Crippen molar-refractivity contribution in [2.24, 2.45) is 0 Å². The minimum atomic E-state index is -1.26. The van der Waals surface area contributed by atoms with Crippen molar-refractivity contribution in [3.63, 3.8) is 0 Å². The number of ether oxygens (including phenoxy) is 1. The molecule has 7 nitrogen and oxygen atoms in total. The molecule has 2 aromatic carbocycles. The van der Waals surface area contributed by atoms with Crippen molar-refractivity contribution in [2.45, 2.75) is 0 Å². The van der Waals surface area contributed by atoms with E-state index in [1.807, 2.05) is 62.6 Å². The lowest BCUT2D eigenvalue weighted by Gasteiger charge is -2.29. The average Bonchev–Trinajstić information content (AvgIpc) is 2.84. The summed E-state index contributed by atoms with van der Waals surface area (Å²) < 4.78 is 6.55. The van der Waals surface area contributed by atoms with Gasteiger partial charge in [-0.1, -0.05) is 30.3 Å². The zero-order valence-electron chi connectivity index (χ0n) is 16.1. The lowest BCUT2D eigenvalue weighted by Crippen LogP contribution is -2.37. The van der Waals surface area contributed by atoms with Crippen molar-refractivity contribution >= 4 is 23.7 Å². The fourth-order valence-electron chi connectivity index (χ4n) is 2.71. The summed E-state index contributed by atoms with van der Waals surface area (Å²) in [4.78, 5) is 19.1. The first-order valence-corrected chi connectivity index (χ1v) is 8.67. The van der Waals surface area contributed by atoms with Crippen LogP contribution in [-0.2, 0) is 9.59 Å². The van der Waals surface area contributed by atoms with Crippen LogP contribution in [0, 0.1) is 11.3 Å². The first-order valence-electron chi connectivity index (χ1n) is 8.67. The second-order valence-electron chi connectivity index (χ2n) is 6.68. The summed E-state index contributed by atoms with van der Waals surface area (Å²) in [6, 6.07) is 18.2. The number of para-hydroxylation sites is 2. The fraction of sp³-hybridized carbons (Fsp3) is 0.136. The molecule has 1 heterocycles. The predicted molar refractivity (Wildman–Crippen MR) is 108 cm³/mol. The molecule has 1 aliphatic heterocycles. The topological polar surface area (TPSA) is 108 Å². The minimum Gasteiger partial charge on any atom is -0.478 e. The highest BCUT2D eigenvalue weighted by atomic mass is 16.5. The maximum Gasteiger partial charge on any atom is 0.328 e. The molecule has 0 radical (unpaired) electrons. The third-order valence-corrected chi connectivity index (χ3v) is 4.08. The summed E-state index contributed by atoms with van der Waals surface area (Å²) in [7, 11) is 4.08. The molecule has 3 rings (SSSR count). The Morgan fingerprint density at radius 1 is 1.00 bits per heavy atom. The molecule has 0 saturated carbocycles. The van der Waals surface area contributed by atoms with E-state index in [4.69, 9.17) is 20.2 Å². The van der Waals surface area contributed by atoms with Crippen LogP contribution in [0.2, 0.25) is 0 Å². The molecule has 2 N–H and O–H groups in total. The molecule has 148 valence electrons. The Bertz CT molecular complexity index is 1000. The molecule has 0 atom stereocenters. The molecule has 0 aliphatic carbocycles. The highest BCUT2D eigenvalue weighted by Gasteiger charge is 2.28. The Labute approximate surface area is 168 Å². The zero-order chi connectivity index (χ0) is 21.4. The Balaban J connectivity index is 0.000000321. The Morgan fingerprint density at radius 2 is 1.55 bits per heavy atom. The van der Waals surface area contributed by atoms with Gasteiger partial charge >= 0.3 is 11.9 Å². The van der Waals surface area contributed by atoms with Gasteiger partial charge in [-0.15, -0.1) is 0 Å². The highest BCUT2D eigenvalue weighted by Crippen LogP contribution is 2.40. The molecule has 0 bridgehead atoms. The number of fused-ring (bicyclic) bond motifs is 2. The van der Waals surface area contributed by atoms with Crippen LogP contribution in [0.5, 0.6) is 11.5 Å². The monoisotopic (exact) mass is 393 g/mol. The van der Waals surface area contributed by atoms with Crippen LogP contribution in [0.15, 0.2) is 60.7 Å². The van der Waals surface area contributed by atoms with Crippen LogP contribution in [0.4, 0.5) is 0 Å².